The second-order valence-electron chi connectivity index (χ2n) is 7.70. The SMILES string of the molecule is C=Cc1cccc(COC(=O)c2ccc(N=N/C(C(=O)Nc3ccccc3OC)=C(\C)O)c(OC)c2)c1. The Bertz CT molecular complexity index is 1360. The fraction of sp³-hybridized carbons (Fsp3) is 0.143. The molecule has 0 radical (unpaired) electrons. The minimum absolute atomic E-state index is 0.0928. The minimum atomic E-state index is -0.687. The van der Waals surface area contributed by atoms with E-state index in [2.05, 4.69) is 22.1 Å². The topological polar surface area (TPSA) is 119 Å². The molecule has 3 aromatic rings. The lowest BCUT2D eigenvalue weighted by atomic mass is 10.1. The lowest BCUT2D eigenvalue weighted by Gasteiger charge is -2.10. The molecule has 0 spiro atoms. The Labute approximate surface area is 214 Å². The summed E-state index contributed by atoms with van der Waals surface area (Å²) >= 11 is 0. The van der Waals surface area contributed by atoms with Crippen LogP contribution in [0.15, 0.2) is 95.0 Å². The summed E-state index contributed by atoms with van der Waals surface area (Å²) in [6.45, 7) is 5.14. The van der Waals surface area contributed by atoms with Crippen LogP contribution >= 0.6 is 0 Å². The van der Waals surface area contributed by atoms with Crippen LogP contribution in [0.5, 0.6) is 11.5 Å². The Kier molecular flexibility index (Phi) is 9.15. The van der Waals surface area contributed by atoms with Crippen LogP contribution < -0.4 is 14.8 Å². The molecule has 0 aliphatic rings. The molecule has 9 heteroatoms. The van der Waals surface area contributed by atoms with E-state index >= 15 is 0 Å². The summed E-state index contributed by atoms with van der Waals surface area (Å²) in [6, 6.07) is 18.8. The quantitative estimate of drug-likeness (QED) is 0.147. The number of methoxy groups -OCH3 is 2. The van der Waals surface area contributed by atoms with Gasteiger partial charge >= 0.3 is 5.97 Å². The fourth-order valence-electron chi connectivity index (χ4n) is 3.24. The summed E-state index contributed by atoms with van der Waals surface area (Å²) in [7, 11) is 2.89. The second kappa shape index (κ2) is 12.7. The maximum absolute atomic E-state index is 12.7. The largest absolute Gasteiger partial charge is 0.510 e. The van der Waals surface area contributed by atoms with Crippen molar-refractivity contribution in [2.75, 3.05) is 19.5 Å². The van der Waals surface area contributed by atoms with Crippen LogP contribution in [0.2, 0.25) is 0 Å². The van der Waals surface area contributed by atoms with Crippen molar-refractivity contribution in [3.05, 3.63) is 101 Å². The Morgan fingerprint density at radius 1 is 1.00 bits per heavy atom. The molecule has 0 unspecified atom stereocenters. The second-order valence-corrected chi connectivity index (χ2v) is 7.70. The van der Waals surface area contributed by atoms with Gasteiger partial charge in [0.15, 0.2) is 5.70 Å². The number of esters is 1. The van der Waals surface area contributed by atoms with Gasteiger partial charge in [-0.1, -0.05) is 43.0 Å². The van der Waals surface area contributed by atoms with Gasteiger partial charge in [-0.15, -0.1) is 10.2 Å². The van der Waals surface area contributed by atoms with Crippen LogP contribution in [0, 0.1) is 0 Å². The van der Waals surface area contributed by atoms with Crippen molar-refractivity contribution in [3.63, 3.8) is 0 Å². The fourth-order valence-corrected chi connectivity index (χ4v) is 3.24. The molecule has 1 amide bonds. The molecule has 9 nitrogen and oxygen atoms in total. The zero-order valence-electron chi connectivity index (χ0n) is 20.7. The molecule has 0 fully saturated rings. The number of para-hydroxylation sites is 2. The van der Waals surface area contributed by atoms with Gasteiger partial charge in [0, 0.05) is 0 Å². The predicted octanol–water partition coefficient (Wildman–Crippen LogP) is 6.22. The number of aliphatic hydroxyl groups excluding tert-OH is 1. The summed E-state index contributed by atoms with van der Waals surface area (Å²) < 4.78 is 16.0. The summed E-state index contributed by atoms with van der Waals surface area (Å²) in [5.41, 5.74) is 2.33. The number of nitrogens with zero attached hydrogens (tertiary/aromatic N) is 2. The molecule has 0 saturated heterocycles. The highest BCUT2D eigenvalue weighted by molar-refractivity contribution is 6.04. The number of carbonyl (C=O) groups is 2. The number of nitrogens with one attached hydrogen (secondary N) is 1. The van der Waals surface area contributed by atoms with Crippen LogP contribution in [0.1, 0.15) is 28.4 Å². The Hall–Kier alpha value is -4.92. The zero-order chi connectivity index (χ0) is 26.8. The number of hydrogen-bond donors (Lipinski definition) is 2. The van der Waals surface area contributed by atoms with E-state index < -0.39 is 11.9 Å². The van der Waals surface area contributed by atoms with E-state index in [0.717, 1.165) is 11.1 Å². The molecular formula is C28H27N3O6. The van der Waals surface area contributed by atoms with E-state index in [1.807, 2.05) is 24.3 Å². The molecule has 37 heavy (non-hydrogen) atoms. The van der Waals surface area contributed by atoms with Crippen molar-refractivity contribution >= 4 is 29.3 Å². The Morgan fingerprint density at radius 3 is 2.46 bits per heavy atom. The normalized spacial score (nSPS) is 11.4. The first-order valence-electron chi connectivity index (χ1n) is 11.2. The van der Waals surface area contributed by atoms with Gasteiger partial charge in [-0.05, 0) is 54.4 Å². The van der Waals surface area contributed by atoms with Gasteiger partial charge in [0.05, 0.1) is 25.5 Å². The highest BCUT2D eigenvalue weighted by Gasteiger charge is 2.17. The first-order chi connectivity index (χ1) is 17.9. The van der Waals surface area contributed by atoms with Gasteiger partial charge in [0.25, 0.3) is 5.91 Å². The number of aliphatic hydroxyl groups is 1. The van der Waals surface area contributed by atoms with Crippen molar-refractivity contribution in [3.8, 4) is 11.5 Å². The van der Waals surface area contributed by atoms with Gasteiger partial charge in [0.1, 0.15) is 29.6 Å². The number of allylic oxidation sites excluding steroid dienone is 1. The van der Waals surface area contributed by atoms with Gasteiger partial charge in [0.2, 0.25) is 0 Å². The first kappa shape index (κ1) is 26.7. The zero-order valence-corrected chi connectivity index (χ0v) is 20.7. The molecule has 0 bridgehead atoms. The van der Waals surface area contributed by atoms with Crippen LogP contribution in [0.25, 0.3) is 6.08 Å². The van der Waals surface area contributed by atoms with Gasteiger partial charge < -0.3 is 24.6 Å². The summed E-state index contributed by atoms with van der Waals surface area (Å²) in [5, 5.41) is 20.6. The Morgan fingerprint density at radius 2 is 1.76 bits per heavy atom. The van der Waals surface area contributed by atoms with Crippen LogP contribution in [0.3, 0.4) is 0 Å². The number of azo groups is 1. The highest BCUT2D eigenvalue weighted by Crippen LogP contribution is 2.30. The van der Waals surface area contributed by atoms with E-state index in [9.17, 15) is 14.7 Å². The molecule has 0 heterocycles. The first-order valence-corrected chi connectivity index (χ1v) is 11.2. The predicted molar refractivity (Wildman–Crippen MR) is 140 cm³/mol. The Balaban J connectivity index is 1.74. The number of benzene rings is 3. The maximum atomic E-state index is 12.7. The van der Waals surface area contributed by atoms with Crippen molar-refractivity contribution < 1.29 is 28.9 Å². The number of rotatable bonds is 10. The van der Waals surface area contributed by atoms with E-state index in [4.69, 9.17) is 14.2 Å². The third-order valence-electron chi connectivity index (χ3n) is 5.14. The number of hydrogen-bond acceptors (Lipinski definition) is 8. The van der Waals surface area contributed by atoms with Crippen LogP contribution in [-0.4, -0.2) is 31.2 Å². The van der Waals surface area contributed by atoms with Crippen LogP contribution in [0.4, 0.5) is 11.4 Å². The number of anilines is 1. The number of amides is 1. The van der Waals surface area contributed by atoms with Gasteiger partial charge in [-0.3, -0.25) is 4.79 Å². The van der Waals surface area contributed by atoms with E-state index in [1.54, 1.807) is 30.3 Å². The lowest BCUT2D eigenvalue weighted by Crippen LogP contribution is -2.15. The average Bonchev–Trinajstić information content (AvgIpc) is 2.92. The summed E-state index contributed by atoms with van der Waals surface area (Å²) in [4.78, 5) is 25.3. The maximum Gasteiger partial charge on any atom is 0.338 e. The van der Waals surface area contributed by atoms with Crippen molar-refractivity contribution in [2.24, 2.45) is 10.2 Å². The molecule has 190 valence electrons. The van der Waals surface area contributed by atoms with Gasteiger partial charge in [-0.25, -0.2) is 4.79 Å². The van der Waals surface area contributed by atoms with Gasteiger partial charge in [-0.2, -0.15) is 0 Å². The van der Waals surface area contributed by atoms with Crippen LogP contribution in [-0.2, 0) is 16.1 Å². The molecule has 3 aromatic carbocycles. The van der Waals surface area contributed by atoms with E-state index in [1.165, 1.54) is 39.3 Å². The summed E-state index contributed by atoms with van der Waals surface area (Å²) in [5.74, 6) is -0.898. The molecule has 2 N–H and O–H groups in total. The third kappa shape index (κ3) is 7.04. The molecule has 0 aliphatic carbocycles. The number of carbonyl (C=O) groups excluding carboxylic acids is 2. The highest BCUT2D eigenvalue weighted by atomic mass is 16.5. The van der Waals surface area contributed by atoms with E-state index in [0.29, 0.717) is 11.4 Å². The van der Waals surface area contributed by atoms with Crippen molar-refractivity contribution in [1.82, 2.24) is 0 Å². The van der Waals surface area contributed by atoms with Crippen molar-refractivity contribution in [2.45, 2.75) is 13.5 Å². The third-order valence-corrected chi connectivity index (χ3v) is 5.14. The molecule has 3 rings (SSSR count). The molecule has 0 saturated carbocycles. The lowest BCUT2D eigenvalue weighted by molar-refractivity contribution is -0.113. The molecular weight excluding hydrogens is 474 g/mol. The minimum Gasteiger partial charge on any atom is -0.510 e. The standard InChI is InChI=1S/C28H27N3O6/c1-5-19-9-8-10-20(15-19)17-37-28(34)21-13-14-23(25(16-21)36-4)30-31-26(18(2)32)27(33)29-22-11-6-7-12-24(22)35-3/h5-16,32H,1,17H2,2-4H3,(H,29,33)/b26-18+,31-30?. The molecule has 0 atom stereocenters. The summed E-state index contributed by atoms with van der Waals surface area (Å²) in [6.07, 6.45) is 1.71. The van der Waals surface area contributed by atoms with E-state index in [-0.39, 0.29) is 35.1 Å². The van der Waals surface area contributed by atoms with Crippen molar-refractivity contribution in [1.29, 1.82) is 0 Å². The monoisotopic (exact) mass is 501 g/mol. The number of ether oxygens (including phenoxy) is 3. The molecule has 0 aliphatic heterocycles. The molecule has 0 aromatic heterocycles. The smallest absolute Gasteiger partial charge is 0.338 e. The average molecular weight is 502 g/mol.